The van der Waals surface area contributed by atoms with E-state index in [4.69, 9.17) is 20.7 Å². The zero-order chi connectivity index (χ0) is 9.23. The van der Waals surface area contributed by atoms with Gasteiger partial charge in [0.25, 0.3) is 0 Å². The van der Waals surface area contributed by atoms with Crippen molar-refractivity contribution >= 4 is 0 Å². The Morgan fingerprint density at radius 1 is 1.58 bits per heavy atom. The smallest absolute Gasteiger partial charge is 0.167 e. The number of hydrogen-bond donors (Lipinski definition) is 1. The summed E-state index contributed by atoms with van der Waals surface area (Å²) in [7, 11) is 0. The van der Waals surface area contributed by atoms with Crippen LogP contribution in [-0.2, 0) is 4.74 Å². The van der Waals surface area contributed by atoms with E-state index in [1.807, 2.05) is 0 Å². The Labute approximate surface area is 70.8 Å². The summed E-state index contributed by atoms with van der Waals surface area (Å²) in [5, 5.41) is 11.5. The lowest BCUT2D eigenvalue weighted by molar-refractivity contribution is 0.0378. The molecule has 2 N–H and O–H groups in total. The molecule has 1 aliphatic heterocycles. The molecule has 1 saturated heterocycles. The third-order valence-electron chi connectivity index (χ3n) is 1.18. The summed E-state index contributed by atoms with van der Waals surface area (Å²) >= 11 is 0. The molecule has 0 aromatic carbocycles. The highest BCUT2D eigenvalue weighted by atomic mass is 16.5. The third-order valence-corrected chi connectivity index (χ3v) is 1.18. The molecule has 1 aliphatic rings. The van der Waals surface area contributed by atoms with E-state index in [1.54, 1.807) is 5.01 Å². The number of nitriles is 1. The van der Waals surface area contributed by atoms with E-state index >= 15 is 0 Å². The topological polar surface area (TPSA) is 91.7 Å². The summed E-state index contributed by atoms with van der Waals surface area (Å²) in [6.07, 6.45) is 0. The summed E-state index contributed by atoms with van der Waals surface area (Å²) in [6, 6.07) is 1.54. The van der Waals surface area contributed by atoms with Crippen LogP contribution in [0.25, 0.3) is 0 Å². The van der Waals surface area contributed by atoms with Gasteiger partial charge in [0.05, 0.1) is 19.3 Å². The van der Waals surface area contributed by atoms with Gasteiger partial charge in [-0.1, -0.05) is 5.18 Å². The molecule has 0 radical (unpaired) electrons. The first-order valence-electron chi connectivity index (χ1n) is 3.54. The molecule has 0 aromatic heterocycles. The van der Waals surface area contributed by atoms with Gasteiger partial charge in [-0.2, -0.15) is 5.26 Å². The second-order valence-corrected chi connectivity index (χ2v) is 2.09. The van der Waals surface area contributed by atoms with E-state index in [9.17, 15) is 0 Å². The third kappa shape index (κ3) is 7.08. The number of hydrogen-bond acceptors (Lipinski definition) is 6. The van der Waals surface area contributed by atoms with E-state index in [2.05, 4.69) is 5.18 Å². The fourth-order valence-corrected chi connectivity index (χ4v) is 0.606. The summed E-state index contributed by atoms with van der Waals surface area (Å²) in [6.45, 7) is 3.09. The maximum atomic E-state index is 8.93. The van der Waals surface area contributed by atoms with E-state index in [0.29, 0.717) is 0 Å². The van der Waals surface area contributed by atoms with E-state index in [1.165, 1.54) is 6.07 Å². The number of ether oxygens (including phenoxy) is 1. The number of morpholine rings is 1. The Kier molecular flexibility index (Phi) is 7.38. The van der Waals surface area contributed by atoms with Crippen LogP contribution in [0.15, 0.2) is 5.18 Å². The zero-order valence-corrected chi connectivity index (χ0v) is 6.77. The minimum absolute atomic E-state index is 0.236. The van der Waals surface area contributed by atoms with Gasteiger partial charge in [0.15, 0.2) is 6.54 Å². The van der Waals surface area contributed by atoms with Crippen molar-refractivity contribution in [1.82, 2.24) is 5.01 Å². The van der Waals surface area contributed by atoms with Gasteiger partial charge in [0.2, 0.25) is 0 Å². The van der Waals surface area contributed by atoms with Crippen molar-refractivity contribution in [2.75, 3.05) is 32.8 Å². The molecule has 6 nitrogen and oxygen atoms in total. The first kappa shape index (κ1) is 11.0. The number of nitroso groups, excluding NO2 is 1. The standard InChI is InChI=1S/C4H10N2O.C2H2N2O/c5-6-1-3-7-4-2-6;3-1-2-4-5/h1-5H2;2H2. The van der Waals surface area contributed by atoms with Crippen LogP contribution in [0.1, 0.15) is 0 Å². The minimum atomic E-state index is -0.236. The summed E-state index contributed by atoms with van der Waals surface area (Å²) in [4.78, 5) is 8.93. The quantitative estimate of drug-likeness (QED) is 0.326. The van der Waals surface area contributed by atoms with Crippen LogP contribution >= 0.6 is 0 Å². The average molecular weight is 172 g/mol. The van der Waals surface area contributed by atoms with Crippen LogP contribution in [0.3, 0.4) is 0 Å². The van der Waals surface area contributed by atoms with E-state index in [0.717, 1.165) is 26.3 Å². The predicted molar refractivity (Wildman–Crippen MR) is 42.9 cm³/mol. The maximum absolute atomic E-state index is 8.93. The zero-order valence-electron chi connectivity index (χ0n) is 6.77. The van der Waals surface area contributed by atoms with Crippen LogP contribution in [0.5, 0.6) is 0 Å². The Balaban J connectivity index is 0.000000217. The van der Waals surface area contributed by atoms with E-state index < -0.39 is 0 Å². The van der Waals surface area contributed by atoms with Crippen LogP contribution in [0.4, 0.5) is 0 Å². The molecule has 0 aliphatic carbocycles. The highest BCUT2D eigenvalue weighted by Gasteiger charge is 2.02. The molecular formula is C6H12N4O2. The van der Waals surface area contributed by atoms with Gasteiger partial charge in [-0.15, -0.1) is 4.91 Å². The predicted octanol–water partition coefficient (Wildman–Crippen LogP) is -0.531. The van der Waals surface area contributed by atoms with Crippen molar-refractivity contribution in [3.05, 3.63) is 4.91 Å². The molecule has 1 heterocycles. The van der Waals surface area contributed by atoms with Crippen LogP contribution < -0.4 is 5.84 Å². The largest absolute Gasteiger partial charge is 0.379 e. The Morgan fingerprint density at radius 3 is 2.33 bits per heavy atom. The van der Waals surface area contributed by atoms with Crippen molar-refractivity contribution in [1.29, 1.82) is 5.26 Å². The highest BCUT2D eigenvalue weighted by Crippen LogP contribution is 1.86. The van der Waals surface area contributed by atoms with Crippen molar-refractivity contribution in [3.63, 3.8) is 0 Å². The summed E-state index contributed by atoms with van der Waals surface area (Å²) < 4.78 is 5.02. The fraction of sp³-hybridized carbons (Fsp3) is 0.833. The lowest BCUT2D eigenvalue weighted by atomic mass is 10.5. The Hall–Kier alpha value is -1.03. The van der Waals surface area contributed by atoms with Crippen molar-refractivity contribution in [3.8, 4) is 6.07 Å². The number of hydrazine groups is 1. The SMILES string of the molecule is N#CCN=O.NN1CCOCC1. The molecule has 0 amide bonds. The summed E-state index contributed by atoms with van der Waals surface area (Å²) in [5.41, 5.74) is 0. The van der Waals surface area contributed by atoms with Gasteiger partial charge in [0, 0.05) is 13.1 Å². The number of nitrogens with two attached hydrogens (primary N) is 1. The molecule has 1 fully saturated rings. The molecule has 6 heteroatoms. The number of nitrogens with zero attached hydrogens (tertiary/aromatic N) is 3. The second-order valence-electron chi connectivity index (χ2n) is 2.09. The molecule has 12 heavy (non-hydrogen) atoms. The average Bonchev–Trinajstić information content (AvgIpc) is 2.08. The fourth-order valence-electron chi connectivity index (χ4n) is 0.606. The van der Waals surface area contributed by atoms with Gasteiger partial charge in [0.1, 0.15) is 0 Å². The lowest BCUT2D eigenvalue weighted by Crippen LogP contribution is -2.41. The maximum Gasteiger partial charge on any atom is 0.167 e. The monoisotopic (exact) mass is 172 g/mol. The molecule has 1 rings (SSSR count). The molecule has 0 atom stereocenters. The van der Waals surface area contributed by atoms with Gasteiger partial charge in [-0.05, 0) is 0 Å². The first-order valence-corrected chi connectivity index (χ1v) is 3.54. The Morgan fingerprint density at radius 2 is 2.17 bits per heavy atom. The van der Waals surface area contributed by atoms with Crippen molar-refractivity contribution in [2.24, 2.45) is 11.0 Å². The van der Waals surface area contributed by atoms with Gasteiger partial charge in [-0.3, -0.25) is 5.84 Å². The van der Waals surface area contributed by atoms with Crippen LogP contribution in [0, 0.1) is 16.2 Å². The van der Waals surface area contributed by atoms with Crippen LogP contribution in [0.2, 0.25) is 0 Å². The van der Waals surface area contributed by atoms with Crippen LogP contribution in [-0.4, -0.2) is 37.9 Å². The van der Waals surface area contributed by atoms with Crippen molar-refractivity contribution in [2.45, 2.75) is 0 Å². The normalized spacial score (nSPS) is 17.0. The molecular weight excluding hydrogens is 160 g/mol. The molecule has 0 saturated carbocycles. The lowest BCUT2D eigenvalue weighted by Gasteiger charge is -2.20. The molecule has 0 unspecified atom stereocenters. The molecule has 0 aromatic rings. The van der Waals surface area contributed by atoms with Crippen molar-refractivity contribution < 1.29 is 4.74 Å². The molecule has 0 bridgehead atoms. The minimum Gasteiger partial charge on any atom is -0.379 e. The molecule has 0 spiro atoms. The summed E-state index contributed by atoms with van der Waals surface area (Å²) in [5.74, 6) is 5.39. The van der Waals surface area contributed by atoms with Gasteiger partial charge < -0.3 is 4.74 Å². The highest BCUT2D eigenvalue weighted by molar-refractivity contribution is 4.70. The van der Waals surface area contributed by atoms with E-state index in [-0.39, 0.29) is 6.54 Å². The Bertz CT molecular complexity index is 150. The van der Waals surface area contributed by atoms with Gasteiger partial charge in [-0.25, -0.2) is 5.01 Å². The molecule has 68 valence electrons. The van der Waals surface area contributed by atoms with Gasteiger partial charge >= 0.3 is 0 Å². The first-order chi connectivity index (χ1) is 5.81. The number of rotatable bonds is 1. The second kappa shape index (κ2) is 8.07.